The van der Waals surface area contributed by atoms with Crippen LogP contribution in [-0.4, -0.2) is 16.7 Å². The first-order valence-electron chi connectivity index (χ1n) is 9.95. The number of carbonyl (C=O) groups is 2. The van der Waals surface area contributed by atoms with Crippen molar-refractivity contribution < 1.29 is 14.1 Å². The van der Waals surface area contributed by atoms with Crippen molar-refractivity contribution in [2.24, 2.45) is 29.1 Å². The fourth-order valence-corrected chi connectivity index (χ4v) is 6.47. The summed E-state index contributed by atoms with van der Waals surface area (Å²) in [6, 6.07) is 0. The lowest BCUT2D eigenvalue weighted by molar-refractivity contribution is -0.139. The van der Waals surface area contributed by atoms with Crippen molar-refractivity contribution in [2.75, 3.05) is 0 Å². The number of fused-ring (bicyclic) bond motifs is 3. The Morgan fingerprint density at radius 2 is 1.92 bits per heavy atom. The van der Waals surface area contributed by atoms with Gasteiger partial charge in [-0.25, -0.2) is 0 Å². The lowest BCUT2D eigenvalue weighted by Crippen LogP contribution is -2.49. The second-order valence-electron chi connectivity index (χ2n) is 8.56. The molecule has 3 saturated carbocycles. The van der Waals surface area contributed by atoms with Crippen molar-refractivity contribution in [1.29, 1.82) is 0 Å². The largest absolute Gasteiger partial charge is 0.361 e. The summed E-state index contributed by atoms with van der Waals surface area (Å²) in [7, 11) is 0. The Morgan fingerprint density at radius 1 is 1.12 bits per heavy atom. The van der Waals surface area contributed by atoms with Crippen molar-refractivity contribution in [2.45, 2.75) is 72.1 Å². The van der Waals surface area contributed by atoms with Crippen LogP contribution in [0.5, 0.6) is 0 Å². The molecular formula is C21H29NO3. The van der Waals surface area contributed by atoms with Crippen molar-refractivity contribution in [3.8, 4) is 0 Å². The summed E-state index contributed by atoms with van der Waals surface area (Å²) >= 11 is 0. The smallest absolute Gasteiger partial charge is 0.139 e. The van der Waals surface area contributed by atoms with Gasteiger partial charge in [0.25, 0.3) is 0 Å². The van der Waals surface area contributed by atoms with E-state index in [1.54, 1.807) is 0 Å². The molecule has 3 fully saturated rings. The number of aryl methyl sites for hydroxylation is 2. The molecular weight excluding hydrogens is 314 g/mol. The molecule has 0 radical (unpaired) electrons. The van der Waals surface area contributed by atoms with Crippen molar-refractivity contribution >= 4 is 11.6 Å². The van der Waals surface area contributed by atoms with Crippen LogP contribution in [0.15, 0.2) is 4.52 Å². The predicted molar refractivity (Wildman–Crippen MR) is 94.1 cm³/mol. The number of carbonyl (C=O) groups excluding carboxylic acids is 2. The van der Waals surface area contributed by atoms with Crippen LogP contribution in [0.3, 0.4) is 0 Å². The van der Waals surface area contributed by atoms with Crippen LogP contribution in [-0.2, 0) is 16.0 Å². The van der Waals surface area contributed by atoms with Gasteiger partial charge in [0.1, 0.15) is 17.3 Å². The third kappa shape index (κ3) is 2.43. The maximum absolute atomic E-state index is 12.8. The first-order chi connectivity index (χ1) is 12.0. The highest BCUT2D eigenvalue weighted by Crippen LogP contribution is 2.60. The van der Waals surface area contributed by atoms with E-state index >= 15 is 0 Å². The lowest BCUT2D eigenvalue weighted by atomic mass is 9.52. The molecule has 0 N–H and O–H groups in total. The highest BCUT2D eigenvalue weighted by Gasteiger charge is 2.57. The minimum Gasteiger partial charge on any atom is -0.361 e. The zero-order valence-corrected chi connectivity index (χ0v) is 15.6. The predicted octanol–water partition coefficient (Wildman–Crippen LogP) is 4.21. The number of hydrogen-bond acceptors (Lipinski definition) is 4. The lowest BCUT2D eigenvalue weighted by Gasteiger charge is -2.51. The second-order valence-corrected chi connectivity index (χ2v) is 8.56. The molecule has 1 aromatic heterocycles. The van der Waals surface area contributed by atoms with Crippen LogP contribution in [0.25, 0.3) is 0 Å². The van der Waals surface area contributed by atoms with E-state index in [0.717, 1.165) is 62.0 Å². The van der Waals surface area contributed by atoms with Crippen LogP contribution in [0.4, 0.5) is 0 Å². The maximum atomic E-state index is 12.8. The van der Waals surface area contributed by atoms with Gasteiger partial charge < -0.3 is 4.52 Å². The third-order valence-electron chi connectivity index (χ3n) is 7.83. The van der Waals surface area contributed by atoms with Crippen LogP contribution < -0.4 is 0 Å². The summed E-state index contributed by atoms with van der Waals surface area (Å²) in [5.41, 5.74) is 1.96. The van der Waals surface area contributed by atoms with Gasteiger partial charge in [-0.1, -0.05) is 12.1 Å². The molecule has 5 unspecified atom stereocenters. The number of rotatable bonds is 3. The fourth-order valence-electron chi connectivity index (χ4n) is 6.47. The van der Waals surface area contributed by atoms with E-state index in [1.165, 1.54) is 0 Å². The normalized spacial score (nSPS) is 37.9. The van der Waals surface area contributed by atoms with Gasteiger partial charge in [0.15, 0.2) is 0 Å². The van der Waals surface area contributed by atoms with Crippen molar-refractivity contribution in [1.82, 2.24) is 5.16 Å². The van der Waals surface area contributed by atoms with Gasteiger partial charge in [-0.15, -0.1) is 0 Å². The van der Waals surface area contributed by atoms with Gasteiger partial charge in [0.05, 0.1) is 5.69 Å². The Bertz CT molecular complexity index is 686. The average Bonchev–Trinajstić information content (AvgIpc) is 3.11. The minimum absolute atomic E-state index is 0.0743. The Hall–Kier alpha value is -1.45. The molecule has 0 spiro atoms. The van der Waals surface area contributed by atoms with Gasteiger partial charge in [0.2, 0.25) is 0 Å². The van der Waals surface area contributed by atoms with E-state index in [-0.39, 0.29) is 11.3 Å². The molecule has 5 atom stereocenters. The van der Waals surface area contributed by atoms with E-state index < -0.39 is 0 Å². The van der Waals surface area contributed by atoms with E-state index in [4.69, 9.17) is 4.52 Å². The van der Waals surface area contributed by atoms with E-state index in [1.807, 2.05) is 13.8 Å². The van der Waals surface area contributed by atoms with Crippen LogP contribution in [0, 0.1) is 42.9 Å². The molecule has 3 aliphatic rings. The average molecular weight is 343 g/mol. The Morgan fingerprint density at radius 3 is 2.60 bits per heavy atom. The summed E-state index contributed by atoms with van der Waals surface area (Å²) in [6.07, 6.45) is 7.22. The Labute approximate surface area is 149 Å². The number of aromatic nitrogens is 1. The number of Topliss-reactive ketones (excluding diaryl/α,β-unsaturated/α-hetero) is 2. The molecule has 4 nitrogen and oxygen atoms in total. The topological polar surface area (TPSA) is 60.2 Å². The molecule has 1 aromatic rings. The highest BCUT2D eigenvalue weighted by atomic mass is 16.5. The van der Waals surface area contributed by atoms with Crippen LogP contribution in [0.2, 0.25) is 0 Å². The molecule has 4 heteroatoms. The van der Waals surface area contributed by atoms with Gasteiger partial charge in [0, 0.05) is 29.7 Å². The molecule has 25 heavy (non-hydrogen) atoms. The Kier molecular flexibility index (Phi) is 4.12. The monoisotopic (exact) mass is 343 g/mol. The number of nitrogens with zero attached hydrogens (tertiary/aromatic N) is 1. The first kappa shape index (κ1) is 17.0. The molecule has 0 bridgehead atoms. The summed E-state index contributed by atoms with van der Waals surface area (Å²) in [5.74, 6) is 3.33. The molecule has 0 aromatic carbocycles. The molecule has 3 aliphatic carbocycles. The SMILES string of the molecule is CCC12CCC3C(Cc4c(C)noc4C)C(=O)CCC3C1CCC2=O. The van der Waals surface area contributed by atoms with Crippen molar-refractivity contribution in [3.05, 3.63) is 17.0 Å². The van der Waals surface area contributed by atoms with Gasteiger partial charge in [-0.2, -0.15) is 0 Å². The summed E-state index contributed by atoms with van der Waals surface area (Å²) < 4.78 is 5.32. The van der Waals surface area contributed by atoms with Crippen molar-refractivity contribution in [3.63, 3.8) is 0 Å². The quantitative estimate of drug-likeness (QED) is 0.824. The molecule has 136 valence electrons. The Balaban J connectivity index is 1.63. The molecule has 0 aliphatic heterocycles. The van der Waals surface area contributed by atoms with Gasteiger partial charge >= 0.3 is 0 Å². The van der Waals surface area contributed by atoms with Gasteiger partial charge in [-0.05, 0) is 70.1 Å². The first-order valence-corrected chi connectivity index (χ1v) is 9.95. The zero-order valence-electron chi connectivity index (χ0n) is 15.6. The van der Waals surface area contributed by atoms with Crippen LogP contribution >= 0.6 is 0 Å². The highest BCUT2D eigenvalue weighted by molar-refractivity contribution is 5.88. The number of ketones is 2. The minimum atomic E-state index is -0.0743. The number of hydrogen-bond donors (Lipinski definition) is 0. The van der Waals surface area contributed by atoms with Gasteiger partial charge in [-0.3, -0.25) is 9.59 Å². The summed E-state index contributed by atoms with van der Waals surface area (Å²) in [6.45, 7) is 6.10. The third-order valence-corrected chi connectivity index (χ3v) is 7.83. The summed E-state index contributed by atoms with van der Waals surface area (Å²) in [5, 5.41) is 4.07. The van der Waals surface area contributed by atoms with Crippen LogP contribution in [0.1, 0.15) is 68.9 Å². The maximum Gasteiger partial charge on any atom is 0.139 e. The standard InChI is InChI=1S/C21H29NO3/c1-4-21-10-9-14-15(18(21)6-8-20(21)24)5-7-19(23)17(14)11-16-12(2)22-25-13(16)3/h14-15,17-18H,4-11H2,1-3H3. The molecule has 4 rings (SSSR count). The molecule has 0 saturated heterocycles. The van der Waals surface area contributed by atoms with E-state index in [2.05, 4.69) is 12.1 Å². The van der Waals surface area contributed by atoms with E-state index in [9.17, 15) is 9.59 Å². The second kappa shape index (κ2) is 6.07. The summed E-state index contributed by atoms with van der Waals surface area (Å²) in [4.78, 5) is 25.4. The molecule has 1 heterocycles. The van der Waals surface area contributed by atoms with E-state index in [0.29, 0.717) is 35.7 Å². The zero-order chi connectivity index (χ0) is 17.8. The fraction of sp³-hybridized carbons (Fsp3) is 0.762. The molecule has 0 amide bonds.